The lowest BCUT2D eigenvalue weighted by molar-refractivity contribution is -0.274. The quantitative estimate of drug-likeness (QED) is 0.733. The van der Waals surface area contributed by atoms with Crippen molar-refractivity contribution in [1.29, 1.82) is 0 Å². The number of carbonyl (C=O) groups excluding carboxylic acids is 2. The summed E-state index contributed by atoms with van der Waals surface area (Å²) in [4.78, 5) is 32.3. The Morgan fingerprint density at radius 1 is 1.24 bits per heavy atom. The number of aromatic nitrogens is 2. The molecule has 1 aliphatic carbocycles. The minimum Gasteiger partial charge on any atom is -0.404 e. The molecule has 2 N–H and O–H groups in total. The van der Waals surface area contributed by atoms with Crippen LogP contribution in [-0.4, -0.2) is 28.1 Å². The first-order chi connectivity index (χ1) is 13.6. The summed E-state index contributed by atoms with van der Waals surface area (Å²) in [5.74, 6) is -1.24. The van der Waals surface area contributed by atoms with Gasteiger partial charge < -0.3 is 10.1 Å². The van der Waals surface area contributed by atoms with Crippen LogP contribution in [0.2, 0.25) is 5.02 Å². The fourth-order valence-corrected chi connectivity index (χ4v) is 2.67. The van der Waals surface area contributed by atoms with Gasteiger partial charge in [0.25, 0.3) is 5.91 Å². The molecule has 1 saturated carbocycles. The van der Waals surface area contributed by atoms with Crippen LogP contribution in [0.5, 0.6) is 5.75 Å². The topological polar surface area (TPSA) is 93.2 Å². The highest BCUT2D eigenvalue weighted by Gasteiger charge is 2.32. The van der Waals surface area contributed by atoms with Gasteiger partial charge in [0, 0.05) is 18.2 Å². The Morgan fingerprint density at radius 3 is 2.59 bits per heavy atom. The fourth-order valence-electron chi connectivity index (χ4n) is 2.43. The predicted molar refractivity (Wildman–Crippen MR) is 97.4 cm³/mol. The third-order valence-electron chi connectivity index (χ3n) is 3.95. The lowest BCUT2D eigenvalue weighted by Gasteiger charge is -2.12. The first-order valence-corrected chi connectivity index (χ1v) is 8.97. The Balaban J connectivity index is 1.63. The van der Waals surface area contributed by atoms with E-state index in [-0.39, 0.29) is 35.0 Å². The Morgan fingerprint density at radius 2 is 1.97 bits per heavy atom. The van der Waals surface area contributed by atoms with Crippen molar-refractivity contribution in [3.63, 3.8) is 0 Å². The van der Waals surface area contributed by atoms with Crippen molar-refractivity contribution in [2.24, 2.45) is 5.92 Å². The summed E-state index contributed by atoms with van der Waals surface area (Å²) in [6.07, 6.45) is -3.21. The van der Waals surface area contributed by atoms with Crippen LogP contribution < -0.4 is 15.4 Å². The van der Waals surface area contributed by atoms with Crippen LogP contribution >= 0.6 is 11.6 Å². The maximum Gasteiger partial charge on any atom is 0.573 e. The molecule has 29 heavy (non-hydrogen) atoms. The van der Waals surface area contributed by atoms with Gasteiger partial charge in [-0.15, -0.1) is 13.2 Å². The van der Waals surface area contributed by atoms with E-state index >= 15 is 0 Å². The van der Waals surface area contributed by atoms with E-state index < -0.39 is 18.0 Å². The Hall–Kier alpha value is -2.88. The molecule has 1 heterocycles. The van der Waals surface area contributed by atoms with E-state index in [1.807, 2.05) is 0 Å². The zero-order valence-corrected chi connectivity index (χ0v) is 15.9. The number of anilines is 1. The molecular formula is C18H16ClF3N4O3. The summed E-state index contributed by atoms with van der Waals surface area (Å²) in [5, 5.41) is 4.93. The molecule has 0 radical (unpaired) electrons. The standard InChI is InChI=1S/C18H16ClF3N4O3/c1-9-6-13(25-17(24-9)26-15(27)11-3-4-11)16(28)23-8-10-2-5-14(12(19)7-10)29-18(20,21)22/h2,5-7,11H,3-4,8H2,1H3,(H,23,28)(H,24,25,26,27). The fraction of sp³-hybridized carbons (Fsp3) is 0.333. The lowest BCUT2D eigenvalue weighted by Crippen LogP contribution is -2.25. The van der Waals surface area contributed by atoms with Gasteiger partial charge in [0.1, 0.15) is 11.4 Å². The third kappa shape index (κ3) is 6.05. The van der Waals surface area contributed by atoms with Crippen LogP contribution in [0.1, 0.15) is 34.6 Å². The van der Waals surface area contributed by atoms with Crippen molar-refractivity contribution in [2.75, 3.05) is 5.32 Å². The molecule has 0 unspecified atom stereocenters. The van der Waals surface area contributed by atoms with E-state index in [2.05, 4.69) is 25.3 Å². The molecule has 0 atom stereocenters. The molecule has 2 amide bonds. The molecule has 11 heteroatoms. The summed E-state index contributed by atoms with van der Waals surface area (Å²) < 4.78 is 40.6. The number of amides is 2. The average molecular weight is 429 g/mol. The molecule has 0 aliphatic heterocycles. The maximum absolute atomic E-state index is 12.4. The number of nitrogens with one attached hydrogen (secondary N) is 2. The van der Waals surface area contributed by atoms with Crippen LogP contribution in [0.25, 0.3) is 0 Å². The van der Waals surface area contributed by atoms with Crippen LogP contribution in [0, 0.1) is 12.8 Å². The second-order valence-electron chi connectivity index (χ2n) is 6.48. The number of benzene rings is 1. The van der Waals surface area contributed by atoms with E-state index in [0.29, 0.717) is 11.3 Å². The van der Waals surface area contributed by atoms with Crippen molar-refractivity contribution in [3.8, 4) is 5.75 Å². The minimum atomic E-state index is -4.85. The highest BCUT2D eigenvalue weighted by atomic mass is 35.5. The number of alkyl halides is 3. The third-order valence-corrected chi connectivity index (χ3v) is 4.24. The molecular weight excluding hydrogens is 413 g/mol. The van der Waals surface area contributed by atoms with Gasteiger partial charge in [0.2, 0.25) is 11.9 Å². The van der Waals surface area contributed by atoms with E-state index in [9.17, 15) is 22.8 Å². The number of ether oxygens (including phenoxy) is 1. The summed E-state index contributed by atoms with van der Waals surface area (Å²) in [6.45, 7) is 1.65. The molecule has 1 fully saturated rings. The smallest absolute Gasteiger partial charge is 0.404 e. The second kappa shape index (κ2) is 8.24. The zero-order chi connectivity index (χ0) is 21.2. The van der Waals surface area contributed by atoms with Gasteiger partial charge in [-0.2, -0.15) is 0 Å². The number of nitrogens with zero attached hydrogens (tertiary/aromatic N) is 2. The number of hydrogen-bond donors (Lipinski definition) is 2. The molecule has 154 valence electrons. The van der Waals surface area contributed by atoms with E-state index in [1.165, 1.54) is 18.2 Å². The predicted octanol–water partition coefficient (Wildman–Crippen LogP) is 3.62. The lowest BCUT2D eigenvalue weighted by atomic mass is 10.2. The van der Waals surface area contributed by atoms with E-state index in [1.54, 1.807) is 6.92 Å². The Labute approximate surface area is 168 Å². The molecule has 7 nitrogen and oxygen atoms in total. The number of carbonyl (C=O) groups is 2. The van der Waals surface area contributed by atoms with Crippen molar-refractivity contribution < 1.29 is 27.5 Å². The summed E-state index contributed by atoms with van der Waals surface area (Å²) >= 11 is 5.79. The molecule has 0 saturated heterocycles. The maximum atomic E-state index is 12.4. The molecule has 3 rings (SSSR count). The number of rotatable bonds is 6. The van der Waals surface area contributed by atoms with Crippen LogP contribution in [0.3, 0.4) is 0 Å². The first-order valence-electron chi connectivity index (χ1n) is 8.59. The van der Waals surface area contributed by atoms with Crippen molar-refractivity contribution in [2.45, 2.75) is 32.7 Å². The number of hydrogen-bond acceptors (Lipinski definition) is 5. The largest absolute Gasteiger partial charge is 0.573 e. The van der Waals surface area contributed by atoms with Gasteiger partial charge in [-0.05, 0) is 43.5 Å². The second-order valence-corrected chi connectivity index (χ2v) is 6.88. The molecule has 1 aromatic heterocycles. The van der Waals surface area contributed by atoms with Crippen molar-refractivity contribution in [1.82, 2.24) is 15.3 Å². The van der Waals surface area contributed by atoms with Crippen LogP contribution in [0.4, 0.5) is 19.1 Å². The van der Waals surface area contributed by atoms with E-state index in [0.717, 1.165) is 18.9 Å². The van der Waals surface area contributed by atoms with Gasteiger partial charge in [-0.25, -0.2) is 9.97 Å². The van der Waals surface area contributed by atoms with Gasteiger partial charge in [-0.3, -0.25) is 14.9 Å². The van der Waals surface area contributed by atoms with Crippen molar-refractivity contribution in [3.05, 3.63) is 46.2 Å². The number of halogens is 4. The average Bonchev–Trinajstić information content (AvgIpc) is 3.45. The first kappa shape index (κ1) is 20.8. The Bertz CT molecular complexity index is 948. The van der Waals surface area contributed by atoms with Crippen LogP contribution in [-0.2, 0) is 11.3 Å². The Kier molecular flexibility index (Phi) is 5.92. The summed E-state index contributed by atoms with van der Waals surface area (Å²) in [7, 11) is 0. The summed E-state index contributed by atoms with van der Waals surface area (Å²) in [6, 6.07) is 5.13. The molecule has 1 aliphatic rings. The monoisotopic (exact) mass is 428 g/mol. The molecule has 1 aromatic carbocycles. The molecule has 0 bridgehead atoms. The van der Waals surface area contributed by atoms with Gasteiger partial charge >= 0.3 is 6.36 Å². The van der Waals surface area contributed by atoms with Crippen molar-refractivity contribution >= 4 is 29.4 Å². The highest BCUT2D eigenvalue weighted by molar-refractivity contribution is 6.32. The number of aryl methyl sites for hydroxylation is 1. The highest BCUT2D eigenvalue weighted by Crippen LogP contribution is 2.31. The summed E-state index contributed by atoms with van der Waals surface area (Å²) in [5.41, 5.74) is 1.01. The van der Waals surface area contributed by atoms with Gasteiger partial charge in [-0.1, -0.05) is 17.7 Å². The SMILES string of the molecule is Cc1cc(C(=O)NCc2ccc(OC(F)(F)F)c(Cl)c2)nc(NC(=O)C2CC2)n1. The molecule has 2 aromatic rings. The van der Waals surface area contributed by atoms with Gasteiger partial charge in [0.05, 0.1) is 5.02 Å². The molecule has 0 spiro atoms. The minimum absolute atomic E-state index is 0.00231. The van der Waals surface area contributed by atoms with Crippen LogP contribution in [0.15, 0.2) is 24.3 Å². The normalized spacial score (nSPS) is 13.7. The van der Waals surface area contributed by atoms with E-state index in [4.69, 9.17) is 11.6 Å². The van der Waals surface area contributed by atoms with Gasteiger partial charge in [0.15, 0.2) is 0 Å². The zero-order valence-electron chi connectivity index (χ0n) is 15.1.